The summed E-state index contributed by atoms with van der Waals surface area (Å²) in [5.41, 5.74) is -0.583. The molecule has 0 heterocycles. The summed E-state index contributed by atoms with van der Waals surface area (Å²) in [7, 11) is 0. The summed E-state index contributed by atoms with van der Waals surface area (Å²) in [5.74, 6) is -1.59. The molecule has 5 nitrogen and oxygen atoms in total. The summed E-state index contributed by atoms with van der Waals surface area (Å²) in [5, 5.41) is 11.6. The number of aliphatic carboxylic acids is 1. The lowest BCUT2D eigenvalue weighted by atomic mass is 9.89. The van der Waals surface area contributed by atoms with Crippen molar-refractivity contribution >= 4 is 12.1 Å². The molecule has 0 spiro atoms. The SMILES string of the molecule is CC(C)[C@H](C(=O)O)[C@@H](C)NC(=O)OC(C)(C)C. The molecule has 0 aromatic heterocycles. The molecular weight excluding hydrogens is 222 g/mol. The van der Waals surface area contributed by atoms with E-state index in [4.69, 9.17) is 9.84 Å². The smallest absolute Gasteiger partial charge is 0.407 e. The number of carboxylic acid groups (broad SMARTS) is 1. The lowest BCUT2D eigenvalue weighted by Gasteiger charge is -2.26. The molecule has 0 aliphatic heterocycles. The van der Waals surface area contributed by atoms with Gasteiger partial charge in [-0.3, -0.25) is 4.79 Å². The zero-order valence-corrected chi connectivity index (χ0v) is 11.4. The number of alkyl carbamates (subject to hydrolysis) is 1. The van der Waals surface area contributed by atoms with Gasteiger partial charge in [0.05, 0.1) is 5.92 Å². The molecule has 100 valence electrons. The number of carboxylic acids is 1. The average molecular weight is 245 g/mol. The first-order valence-electron chi connectivity index (χ1n) is 5.77. The van der Waals surface area contributed by atoms with Crippen molar-refractivity contribution in [3.8, 4) is 0 Å². The third kappa shape index (κ3) is 6.14. The van der Waals surface area contributed by atoms with E-state index in [1.807, 2.05) is 13.8 Å². The second kappa shape index (κ2) is 5.89. The van der Waals surface area contributed by atoms with Crippen LogP contribution in [0.15, 0.2) is 0 Å². The van der Waals surface area contributed by atoms with Gasteiger partial charge in [-0.25, -0.2) is 4.79 Å². The Hall–Kier alpha value is -1.26. The van der Waals surface area contributed by atoms with Crippen LogP contribution in [0.3, 0.4) is 0 Å². The fourth-order valence-electron chi connectivity index (χ4n) is 1.66. The zero-order valence-electron chi connectivity index (χ0n) is 11.4. The van der Waals surface area contributed by atoms with E-state index in [1.54, 1.807) is 27.7 Å². The van der Waals surface area contributed by atoms with E-state index < -0.39 is 29.6 Å². The van der Waals surface area contributed by atoms with Crippen LogP contribution < -0.4 is 5.32 Å². The van der Waals surface area contributed by atoms with Gasteiger partial charge in [0.25, 0.3) is 0 Å². The summed E-state index contributed by atoms with van der Waals surface area (Å²) in [6.07, 6.45) is -0.586. The molecule has 2 N–H and O–H groups in total. The van der Waals surface area contributed by atoms with Crippen LogP contribution >= 0.6 is 0 Å². The summed E-state index contributed by atoms with van der Waals surface area (Å²) >= 11 is 0. The lowest BCUT2D eigenvalue weighted by molar-refractivity contribution is -0.144. The van der Waals surface area contributed by atoms with Gasteiger partial charge in [0.15, 0.2) is 0 Å². The van der Waals surface area contributed by atoms with Gasteiger partial charge in [0, 0.05) is 6.04 Å². The Morgan fingerprint density at radius 3 is 1.94 bits per heavy atom. The molecule has 0 radical (unpaired) electrons. The maximum Gasteiger partial charge on any atom is 0.407 e. The highest BCUT2D eigenvalue weighted by molar-refractivity contribution is 5.73. The van der Waals surface area contributed by atoms with E-state index in [1.165, 1.54) is 0 Å². The minimum Gasteiger partial charge on any atom is -0.481 e. The molecule has 0 aromatic carbocycles. The molecule has 0 aromatic rings. The van der Waals surface area contributed by atoms with Crippen molar-refractivity contribution in [2.24, 2.45) is 11.8 Å². The topological polar surface area (TPSA) is 75.6 Å². The molecular formula is C12H23NO4. The minimum absolute atomic E-state index is 0.0579. The van der Waals surface area contributed by atoms with Gasteiger partial charge < -0.3 is 15.2 Å². The predicted octanol–water partition coefficient (Wildman–Crippen LogP) is 2.26. The number of ether oxygens (including phenoxy) is 1. The fraction of sp³-hybridized carbons (Fsp3) is 0.833. The van der Waals surface area contributed by atoms with Crippen molar-refractivity contribution in [3.05, 3.63) is 0 Å². The first kappa shape index (κ1) is 15.7. The number of hydrogen-bond donors (Lipinski definition) is 2. The summed E-state index contributed by atoms with van der Waals surface area (Å²) in [6, 6.07) is -0.470. The minimum atomic E-state index is -0.913. The van der Waals surface area contributed by atoms with Crippen molar-refractivity contribution in [1.29, 1.82) is 0 Å². The first-order valence-corrected chi connectivity index (χ1v) is 5.77. The Kier molecular flexibility index (Phi) is 5.45. The van der Waals surface area contributed by atoms with Crippen molar-refractivity contribution < 1.29 is 19.4 Å². The maximum atomic E-state index is 11.5. The van der Waals surface area contributed by atoms with Crippen molar-refractivity contribution in [2.45, 2.75) is 53.2 Å². The number of nitrogens with one attached hydrogen (secondary N) is 1. The molecule has 0 fully saturated rings. The van der Waals surface area contributed by atoms with Crippen LogP contribution in [0.1, 0.15) is 41.5 Å². The molecule has 0 aliphatic carbocycles. The molecule has 0 bridgehead atoms. The van der Waals surface area contributed by atoms with Crippen molar-refractivity contribution in [3.63, 3.8) is 0 Å². The highest BCUT2D eigenvalue weighted by atomic mass is 16.6. The molecule has 0 aliphatic rings. The Morgan fingerprint density at radius 1 is 1.18 bits per heavy atom. The zero-order chi connectivity index (χ0) is 13.8. The van der Waals surface area contributed by atoms with E-state index >= 15 is 0 Å². The van der Waals surface area contributed by atoms with E-state index in [2.05, 4.69) is 5.32 Å². The van der Waals surface area contributed by atoms with E-state index in [0.717, 1.165) is 0 Å². The van der Waals surface area contributed by atoms with E-state index in [0.29, 0.717) is 0 Å². The Morgan fingerprint density at radius 2 is 1.65 bits per heavy atom. The van der Waals surface area contributed by atoms with Gasteiger partial charge in [-0.1, -0.05) is 13.8 Å². The van der Waals surface area contributed by atoms with Crippen LogP contribution in [0.2, 0.25) is 0 Å². The normalized spacial score (nSPS) is 15.2. The quantitative estimate of drug-likeness (QED) is 0.796. The third-order valence-corrected chi connectivity index (χ3v) is 2.29. The first-order chi connectivity index (χ1) is 7.54. The monoisotopic (exact) mass is 245 g/mol. The van der Waals surface area contributed by atoms with Gasteiger partial charge >= 0.3 is 12.1 Å². The second-order valence-electron chi connectivity index (χ2n) is 5.54. The summed E-state index contributed by atoms with van der Waals surface area (Å²) in [4.78, 5) is 22.5. The molecule has 0 rings (SSSR count). The van der Waals surface area contributed by atoms with Gasteiger partial charge in [0.1, 0.15) is 5.60 Å². The lowest BCUT2D eigenvalue weighted by Crippen LogP contribution is -2.45. The van der Waals surface area contributed by atoms with Gasteiger partial charge in [-0.15, -0.1) is 0 Å². The van der Waals surface area contributed by atoms with E-state index in [-0.39, 0.29) is 5.92 Å². The highest BCUT2D eigenvalue weighted by Crippen LogP contribution is 2.16. The highest BCUT2D eigenvalue weighted by Gasteiger charge is 2.30. The van der Waals surface area contributed by atoms with Crippen LogP contribution in [-0.2, 0) is 9.53 Å². The Bertz CT molecular complexity index is 281. The summed E-state index contributed by atoms with van der Waals surface area (Å²) < 4.78 is 5.08. The third-order valence-electron chi connectivity index (χ3n) is 2.29. The molecule has 0 unspecified atom stereocenters. The van der Waals surface area contributed by atoms with Crippen LogP contribution in [0.5, 0.6) is 0 Å². The fourth-order valence-corrected chi connectivity index (χ4v) is 1.66. The molecule has 2 atom stereocenters. The molecule has 5 heteroatoms. The van der Waals surface area contributed by atoms with Crippen molar-refractivity contribution in [1.82, 2.24) is 5.32 Å². The number of amides is 1. The van der Waals surface area contributed by atoms with Crippen LogP contribution in [-0.4, -0.2) is 28.8 Å². The molecule has 1 amide bonds. The molecule has 0 saturated heterocycles. The van der Waals surface area contributed by atoms with Gasteiger partial charge in [-0.2, -0.15) is 0 Å². The van der Waals surface area contributed by atoms with Crippen LogP contribution in [0.25, 0.3) is 0 Å². The van der Waals surface area contributed by atoms with E-state index in [9.17, 15) is 9.59 Å². The molecule has 0 saturated carbocycles. The maximum absolute atomic E-state index is 11.5. The van der Waals surface area contributed by atoms with Crippen LogP contribution in [0, 0.1) is 11.8 Å². The molecule has 17 heavy (non-hydrogen) atoms. The number of hydrogen-bond acceptors (Lipinski definition) is 3. The second-order valence-corrected chi connectivity index (χ2v) is 5.54. The van der Waals surface area contributed by atoms with Crippen molar-refractivity contribution in [2.75, 3.05) is 0 Å². The average Bonchev–Trinajstić information content (AvgIpc) is 1.96. The largest absolute Gasteiger partial charge is 0.481 e. The van der Waals surface area contributed by atoms with Crippen LogP contribution in [0.4, 0.5) is 4.79 Å². The number of carbonyl (C=O) groups is 2. The predicted molar refractivity (Wildman–Crippen MR) is 64.8 cm³/mol. The Balaban J connectivity index is 4.46. The number of rotatable bonds is 4. The van der Waals surface area contributed by atoms with Gasteiger partial charge in [-0.05, 0) is 33.6 Å². The van der Waals surface area contributed by atoms with Gasteiger partial charge in [0.2, 0.25) is 0 Å². The number of carbonyl (C=O) groups excluding carboxylic acids is 1. The Labute approximate surface area is 103 Å². The summed E-state index contributed by atoms with van der Waals surface area (Å²) in [6.45, 7) is 10.6. The standard InChI is InChI=1S/C12H23NO4/c1-7(2)9(10(14)15)8(3)13-11(16)17-12(4,5)6/h7-9H,1-6H3,(H,13,16)(H,14,15)/t8-,9+/m1/s1.